The monoisotopic (exact) mass is 157 g/mol. The number of aromatic amines is 2. The summed E-state index contributed by atoms with van der Waals surface area (Å²) in [5.74, 6) is 0. The molecule has 8 heavy (non-hydrogen) atoms. The van der Waals surface area contributed by atoms with Gasteiger partial charge in [0.2, 0.25) is 0 Å². The Kier molecular flexibility index (Phi) is 1.20. The molecule has 0 saturated heterocycles. The van der Waals surface area contributed by atoms with Crippen molar-refractivity contribution >= 4 is 18.5 Å². The second-order valence-electron chi connectivity index (χ2n) is 1.09. The molecule has 0 radical (unpaired) electrons. The van der Waals surface area contributed by atoms with E-state index in [4.69, 9.17) is 9.79 Å². The number of hydrogen-bond donors (Lipinski definition) is 4. The summed E-state index contributed by atoms with van der Waals surface area (Å²) in [5.41, 5.74) is 0. The molecule has 0 bridgehead atoms. The minimum atomic E-state index is -3.53. The van der Waals surface area contributed by atoms with Gasteiger partial charge in [-0.2, -0.15) is 10.4 Å². The molecule has 0 fully saturated rings. The summed E-state index contributed by atoms with van der Waals surface area (Å²) in [6.07, 6.45) is 0. The van der Waals surface area contributed by atoms with Gasteiger partial charge < -0.3 is 9.79 Å². The fourth-order valence-electron chi connectivity index (χ4n) is 0.168. The highest BCUT2D eigenvalue weighted by molar-refractivity contribution is 8.06. The Balaban J connectivity index is 2.43. The topological polar surface area (TPSA) is 86.2 Å². The molecule has 1 aromatic rings. The van der Waals surface area contributed by atoms with Crippen molar-refractivity contribution in [3.05, 3.63) is 0 Å². The van der Waals surface area contributed by atoms with Crippen LogP contribution in [0.3, 0.4) is 0 Å². The van der Waals surface area contributed by atoms with Crippen LogP contribution in [-0.4, -0.2) is 25.2 Å². The second-order valence-corrected chi connectivity index (χ2v) is 3.66. The molecule has 8 heteroatoms. The molecular formula is H4N3O3PS. The maximum absolute atomic E-state index is 8.37. The van der Waals surface area contributed by atoms with Crippen LogP contribution in [0, 0.1) is 0 Å². The van der Waals surface area contributed by atoms with Gasteiger partial charge in [-0.25, -0.2) is 0 Å². The van der Waals surface area contributed by atoms with Crippen LogP contribution < -0.4 is 4.62 Å². The Morgan fingerprint density at radius 1 is 1.50 bits per heavy atom. The van der Waals surface area contributed by atoms with Crippen LogP contribution >= 0.6 is 6.72 Å². The van der Waals surface area contributed by atoms with E-state index in [1.54, 1.807) is 0 Å². The Morgan fingerprint density at radius 2 is 2.00 bits per heavy atom. The summed E-state index contributed by atoms with van der Waals surface area (Å²) in [7, 11) is 0. The van der Waals surface area contributed by atoms with E-state index in [1.807, 2.05) is 0 Å². The molecule has 0 aromatic carbocycles. The van der Waals surface area contributed by atoms with E-state index < -0.39 is 6.72 Å². The third-order valence-corrected chi connectivity index (χ3v) is 0.967. The minimum absolute atomic E-state index is 0.904. The normalized spacial score (nSPS) is 12.2. The minimum Gasteiger partial charge on any atom is -0.314 e. The summed E-state index contributed by atoms with van der Waals surface area (Å²) in [6.45, 7) is -3.53. The molecule has 1 rings (SSSR count). The first-order chi connectivity index (χ1) is 3.58. The highest BCUT2D eigenvalue weighted by Crippen LogP contribution is 2.31. The third-order valence-electron chi connectivity index (χ3n) is 0.391. The smallest absolute Gasteiger partial charge is 0.314 e. The number of nitrogens with zero attached hydrogens (tertiary/aromatic N) is 1. The molecule has 0 saturated carbocycles. The van der Waals surface area contributed by atoms with Gasteiger partial charge in [-0.1, -0.05) is 0 Å². The van der Waals surface area contributed by atoms with E-state index in [1.165, 1.54) is 0 Å². The van der Waals surface area contributed by atoms with E-state index in [-0.39, 0.29) is 0 Å². The first-order valence-electron chi connectivity index (χ1n) is 1.64. The SMILES string of the molecule is OP(O)(=S)On1[nH][nH]1. The van der Waals surface area contributed by atoms with Crippen molar-refractivity contribution in [2.45, 2.75) is 0 Å². The van der Waals surface area contributed by atoms with Crippen molar-refractivity contribution in [3.8, 4) is 0 Å². The molecule has 0 aliphatic carbocycles. The highest BCUT2D eigenvalue weighted by atomic mass is 32.5. The average molecular weight is 157 g/mol. The molecule has 0 spiro atoms. The summed E-state index contributed by atoms with van der Waals surface area (Å²) >= 11 is 4.08. The molecule has 0 aliphatic heterocycles. The van der Waals surface area contributed by atoms with Gasteiger partial charge in [0.25, 0.3) is 0 Å². The van der Waals surface area contributed by atoms with E-state index in [0.29, 0.717) is 0 Å². The number of hydrogen-bond acceptors (Lipinski definition) is 2. The predicted octanol–water partition coefficient (Wildman–Crippen LogP) is -1.22. The summed E-state index contributed by atoms with van der Waals surface area (Å²) in [4.78, 5) is 17.6. The first kappa shape index (κ1) is 5.90. The van der Waals surface area contributed by atoms with Gasteiger partial charge in [0.05, 0.1) is 0 Å². The van der Waals surface area contributed by atoms with Gasteiger partial charge in [0.15, 0.2) is 0 Å². The molecule has 0 amide bonds. The Hall–Kier alpha value is -0.230. The van der Waals surface area contributed by atoms with Crippen molar-refractivity contribution in [2.75, 3.05) is 0 Å². The number of H-pyrrole nitrogens is 2. The van der Waals surface area contributed by atoms with Gasteiger partial charge >= 0.3 is 6.72 Å². The average Bonchev–Trinajstić information content (AvgIpc) is 2.12. The number of nitrogens with one attached hydrogen (secondary N) is 2. The van der Waals surface area contributed by atoms with Crippen LogP contribution in [0.4, 0.5) is 0 Å². The zero-order chi connectivity index (χ0) is 6.20. The second kappa shape index (κ2) is 1.63. The standard InChI is InChI=1S/H4N3O3PS/c4-7(5,8)6-3-1-2-3/h1-2H,(H2,4,5,8). The lowest BCUT2D eigenvalue weighted by molar-refractivity contribution is 0.220. The van der Waals surface area contributed by atoms with E-state index in [9.17, 15) is 0 Å². The molecule has 0 atom stereocenters. The fourth-order valence-corrected chi connectivity index (χ4v) is 0.662. The van der Waals surface area contributed by atoms with Gasteiger partial charge in [0.1, 0.15) is 0 Å². The molecule has 6 nitrogen and oxygen atoms in total. The third kappa shape index (κ3) is 2.17. The predicted molar refractivity (Wildman–Crippen MR) is 28.4 cm³/mol. The van der Waals surface area contributed by atoms with E-state index in [0.717, 1.165) is 4.96 Å². The van der Waals surface area contributed by atoms with Gasteiger partial charge in [-0.15, -0.1) is 0 Å². The summed E-state index contributed by atoms with van der Waals surface area (Å²) < 4.78 is 4.20. The zero-order valence-electron chi connectivity index (χ0n) is 3.61. The van der Waals surface area contributed by atoms with Crippen LogP contribution in [0.2, 0.25) is 0 Å². The first-order valence-corrected chi connectivity index (χ1v) is 4.27. The summed E-state index contributed by atoms with van der Waals surface area (Å²) in [5, 5.41) is 4.59. The van der Waals surface area contributed by atoms with Crippen molar-refractivity contribution in [2.24, 2.45) is 0 Å². The van der Waals surface area contributed by atoms with Crippen LogP contribution in [0.5, 0.6) is 0 Å². The maximum atomic E-state index is 8.37. The quantitative estimate of drug-likeness (QED) is 0.405. The van der Waals surface area contributed by atoms with Gasteiger partial charge in [-0.05, 0) is 4.96 Å². The van der Waals surface area contributed by atoms with Gasteiger partial charge in [0, 0.05) is 11.8 Å². The Labute approximate surface area is 49.2 Å². The largest absolute Gasteiger partial charge is 0.398 e. The Morgan fingerprint density at radius 3 is 2.12 bits per heavy atom. The number of rotatable bonds is 2. The van der Waals surface area contributed by atoms with E-state index in [2.05, 4.69) is 26.9 Å². The lowest BCUT2D eigenvalue weighted by Gasteiger charge is -2.00. The molecule has 0 unspecified atom stereocenters. The molecule has 1 aromatic heterocycles. The van der Waals surface area contributed by atoms with Crippen LogP contribution in [-0.2, 0) is 11.8 Å². The molecule has 48 valence electrons. The maximum Gasteiger partial charge on any atom is 0.398 e. The molecule has 0 aliphatic rings. The van der Waals surface area contributed by atoms with Crippen molar-refractivity contribution < 1.29 is 14.4 Å². The van der Waals surface area contributed by atoms with Crippen LogP contribution in [0.25, 0.3) is 0 Å². The number of aromatic nitrogens is 3. The van der Waals surface area contributed by atoms with Gasteiger partial charge in [-0.3, -0.25) is 4.62 Å². The molecule has 1 heterocycles. The highest BCUT2D eigenvalue weighted by Gasteiger charge is 2.11. The van der Waals surface area contributed by atoms with Crippen molar-refractivity contribution in [3.63, 3.8) is 0 Å². The zero-order valence-corrected chi connectivity index (χ0v) is 5.32. The van der Waals surface area contributed by atoms with Crippen LogP contribution in [0.15, 0.2) is 0 Å². The molecular weight excluding hydrogens is 153 g/mol. The molecule has 4 N–H and O–H groups in total. The lowest BCUT2D eigenvalue weighted by atomic mass is 13.0. The van der Waals surface area contributed by atoms with E-state index >= 15 is 0 Å². The fraction of sp³-hybridized carbons (Fsp3) is 0. The Bertz CT molecular complexity index is 181. The van der Waals surface area contributed by atoms with Crippen molar-refractivity contribution in [1.29, 1.82) is 0 Å². The van der Waals surface area contributed by atoms with Crippen molar-refractivity contribution in [1.82, 2.24) is 15.4 Å². The summed E-state index contributed by atoms with van der Waals surface area (Å²) in [6, 6.07) is 0. The van der Waals surface area contributed by atoms with Crippen LogP contribution in [0.1, 0.15) is 0 Å². The lowest BCUT2D eigenvalue weighted by Crippen LogP contribution is -1.99.